The minimum atomic E-state index is -0.356. The Labute approximate surface area is 62.4 Å². The molecule has 0 aromatic rings. The van der Waals surface area contributed by atoms with Crippen molar-refractivity contribution in [3.05, 3.63) is 6.92 Å². The van der Waals surface area contributed by atoms with Gasteiger partial charge in [0.25, 0.3) is 0 Å². The fourth-order valence-corrected chi connectivity index (χ4v) is 0. The molecular formula is C3H6NOY+2. The third-order valence-electron chi connectivity index (χ3n) is 0.246. The van der Waals surface area contributed by atoms with Crippen LogP contribution in [-0.4, -0.2) is 5.91 Å². The Morgan fingerprint density at radius 2 is 2.00 bits per heavy atom. The second kappa shape index (κ2) is 5.57. The van der Waals surface area contributed by atoms with E-state index >= 15 is 0 Å². The summed E-state index contributed by atoms with van der Waals surface area (Å²) in [4.78, 5) is 9.53. The predicted molar refractivity (Wildman–Crippen MR) is 19.2 cm³/mol. The van der Waals surface area contributed by atoms with Gasteiger partial charge in [-0.25, -0.2) is 0 Å². The molecule has 0 atom stereocenters. The number of amides is 1. The minimum absolute atomic E-state index is 0. The molecule has 2 N–H and O–H groups in total. The summed E-state index contributed by atoms with van der Waals surface area (Å²) in [6.45, 7) is 3.21. The average Bonchev–Trinajstić information content (AvgIpc) is 1.38. The summed E-state index contributed by atoms with van der Waals surface area (Å²) >= 11 is 0. The number of carbonyl (C=O) groups is 1. The molecule has 0 spiro atoms. The molecule has 0 unspecified atom stereocenters. The minimum Gasteiger partial charge on any atom is -0.372 e. The summed E-state index contributed by atoms with van der Waals surface area (Å²) in [6.07, 6.45) is 0.194. The van der Waals surface area contributed by atoms with Gasteiger partial charge in [0.1, 0.15) is 0 Å². The smallest absolute Gasteiger partial charge is 0.372 e. The Kier molecular flexibility index (Phi) is 9.07. The van der Waals surface area contributed by atoms with E-state index in [1.54, 1.807) is 0 Å². The molecule has 30 valence electrons. The quantitative estimate of drug-likeness (QED) is 0.526. The van der Waals surface area contributed by atoms with Gasteiger partial charge in [-0.15, -0.1) is 6.42 Å². The van der Waals surface area contributed by atoms with Gasteiger partial charge in [-0.3, -0.25) is 4.79 Å². The van der Waals surface area contributed by atoms with Gasteiger partial charge in [-0.1, -0.05) is 0 Å². The molecule has 6 heavy (non-hydrogen) atoms. The van der Waals surface area contributed by atoms with E-state index in [-0.39, 0.29) is 45.0 Å². The van der Waals surface area contributed by atoms with Crippen molar-refractivity contribution in [3.8, 4) is 0 Å². The van der Waals surface area contributed by atoms with Crippen LogP contribution in [0.4, 0.5) is 0 Å². The summed E-state index contributed by atoms with van der Waals surface area (Å²) in [6, 6.07) is 0. The second-order valence-electron chi connectivity index (χ2n) is 0.716. The van der Waals surface area contributed by atoms with Crippen molar-refractivity contribution in [3.63, 3.8) is 0 Å². The average molecular weight is 161 g/mol. The molecule has 3 heteroatoms. The summed E-state index contributed by atoms with van der Waals surface area (Å²) in [5.74, 6) is -0.356. The molecule has 0 radical (unpaired) electrons. The van der Waals surface area contributed by atoms with Gasteiger partial charge in [0, 0.05) is 0 Å². The van der Waals surface area contributed by atoms with Gasteiger partial charge < -0.3 is 12.7 Å². The van der Waals surface area contributed by atoms with Gasteiger partial charge in [0.05, 0.1) is 0 Å². The first kappa shape index (κ1) is 9.76. The molecule has 0 saturated carbocycles. The largest absolute Gasteiger partial charge is 3.00 e. The van der Waals surface area contributed by atoms with E-state index in [4.69, 9.17) is 0 Å². The number of rotatable bonds is 1. The molecule has 0 rings (SSSR count). The van der Waals surface area contributed by atoms with E-state index in [0.717, 1.165) is 0 Å². The normalized spacial score (nSPS) is 6.17. The van der Waals surface area contributed by atoms with Crippen LogP contribution in [0.3, 0.4) is 0 Å². The van der Waals surface area contributed by atoms with E-state index < -0.39 is 0 Å². The van der Waals surface area contributed by atoms with Crippen LogP contribution in [0.15, 0.2) is 0 Å². The van der Waals surface area contributed by atoms with Crippen LogP contribution in [0, 0.1) is 6.92 Å². The zero-order valence-electron chi connectivity index (χ0n) is 3.48. The maximum atomic E-state index is 9.53. The second-order valence-corrected chi connectivity index (χ2v) is 0.716. The predicted octanol–water partition coefficient (Wildman–Crippen LogP) is -0.307. The van der Waals surface area contributed by atoms with Gasteiger partial charge >= 0.3 is 32.7 Å². The molecule has 0 bridgehead atoms. The summed E-state index contributed by atoms with van der Waals surface area (Å²) in [5.41, 5.74) is 4.59. The van der Waals surface area contributed by atoms with Crippen LogP contribution in [0.2, 0.25) is 0 Å². The number of hydrogen-bond donors (Lipinski definition) is 1. The van der Waals surface area contributed by atoms with Crippen LogP contribution in [0.1, 0.15) is 6.42 Å². The summed E-state index contributed by atoms with van der Waals surface area (Å²) in [5, 5.41) is 0. The van der Waals surface area contributed by atoms with E-state index in [2.05, 4.69) is 12.7 Å². The third-order valence-corrected chi connectivity index (χ3v) is 0.246. The van der Waals surface area contributed by atoms with Gasteiger partial charge in [-0.05, 0) is 0 Å². The molecular weight excluding hydrogens is 155 g/mol. The van der Waals surface area contributed by atoms with Crippen molar-refractivity contribution in [2.45, 2.75) is 6.42 Å². The van der Waals surface area contributed by atoms with Crippen LogP contribution in [0.25, 0.3) is 0 Å². The Balaban J connectivity index is 0. The SMILES string of the molecule is [CH2-]CC(N)=O.[Y+3]. The van der Waals surface area contributed by atoms with Crippen LogP contribution >= 0.6 is 0 Å². The van der Waals surface area contributed by atoms with Crippen molar-refractivity contribution >= 4 is 5.91 Å². The number of nitrogens with two attached hydrogens (primary N) is 1. The van der Waals surface area contributed by atoms with Crippen molar-refractivity contribution < 1.29 is 37.5 Å². The zero-order chi connectivity index (χ0) is 4.28. The van der Waals surface area contributed by atoms with Crippen LogP contribution in [-0.2, 0) is 37.5 Å². The molecule has 0 aromatic carbocycles. The van der Waals surface area contributed by atoms with Crippen LogP contribution in [0.5, 0.6) is 0 Å². The van der Waals surface area contributed by atoms with Crippen molar-refractivity contribution in [2.24, 2.45) is 5.73 Å². The molecule has 0 saturated heterocycles. The Hall–Kier alpha value is 0.574. The summed E-state index contributed by atoms with van der Waals surface area (Å²) < 4.78 is 0. The van der Waals surface area contributed by atoms with Crippen molar-refractivity contribution in [1.82, 2.24) is 0 Å². The fraction of sp³-hybridized carbons (Fsp3) is 0.333. The third kappa shape index (κ3) is 8.82. The van der Waals surface area contributed by atoms with E-state index in [0.29, 0.717) is 0 Å². The number of hydrogen-bond acceptors (Lipinski definition) is 1. The fourth-order valence-electron chi connectivity index (χ4n) is 0. The first-order valence-corrected chi connectivity index (χ1v) is 1.35. The number of primary amides is 1. The Bertz CT molecular complexity index is 46.1. The molecule has 0 aliphatic carbocycles. The molecule has 0 heterocycles. The van der Waals surface area contributed by atoms with Crippen LogP contribution < -0.4 is 5.73 Å². The molecule has 0 fully saturated rings. The molecule has 1 amide bonds. The monoisotopic (exact) mass is 161 g/mol. The topological polar surface area (TPSA) is 43.1 Å². The van der Waals surface area contributed by atoms with E-state index in [9.17, 15) is 4.79 Å². The first-order chi connectivity index (χ1) is 2.27. The number of carbonyl (C=O) groups excluding carboxylic acids is 1. The zero-order valence-corrected chi connectivity index (χ0v) is 6.32. The standard InChI is InChI=1S/C3H6NO.Y/c1-2-3(4)5;/h1-2H2,(H2,4,5);/q-1;+3. The molecule has 0 aliphatic rings. The van der Waals surface area contributed by atoms with Gasteiger partial charge in [0.2, 0.25) is 0 Å². The molecule has 0 aromatic heterocycles. The maximum Gasteiger partial charge on any atom is 3.00 e. The van der Waals surface area contributed by atoms with E-state index in [1.165, 1.54) is 0 Å². The van der Waals surface area contributed by atoms with Gasteiger partial charge in [-0.2, -0.15) is 0 Å². The van der Waals surface area contributed by atoms with E-state index in [1.807, 2.05) is 0 Å². The summed E-state index contributed by atoms with van der Waals surface area (Å²) in [7, 11) is 0. The Morgan fingerprint density at radius 3 is 2.00 bits per heavy atom. The maximum absolute atomic E-state index is 9.53. The van der Waals surface area contributed by atoms with Crippen molar-refractivity contribution in [1.29, 1.82) is 0 Å². The molecule has 0 aliphatic heterocycles. The molecule has 2 nitrogen and oxygen atoms in total. The Morgan fingerprint density at radius 1 is 1.83 bits per heavy atom. The first-order valence-electron chi connectivity index (χ1n) is 1.35. The van der Waals surface area contributed by atoms with Gasteiger partial charge in [0.15, 0.2) is 5.91 Å². The van der Waals surface area contributed by atoms with Crippen molar-refractivity contribution in [2.75, 3.05) is 0 Å².